The maximum Gasteiger partial charge on any atom is 0.137 e. The van der Waals surface area contributed by atoms with Crippen LogP contribution in [0.15, 0.2) is 150 Å². The summed E-state index contributed by atoms with van der Waals surface area (Å²) in [6, 6.07) is 54.2. The van der Waals surface area contributed by atoms with Crippen LogP contribution < -0.4 is 4.90 Å². The molecule has 7 aromatic rings. The van der Waals surface area contributed by atoms with Crippen LogP contribution in [0.3, 0.4) is 0 Å². The summed E-state index contributed by atoms with van der Waals surface area (Å²) in [6.45, 7) is 0. The number of fused-ring (bicyclic) bond motifs is 5. The minimum Gasteiger partial charge on any atom is -0.456 e. The zero-order chi connectivity index (χ0) is 33.8. The minimum absolute atomic E-state index is 0.0782. The Morgan fingerprint density at radius 2 is 1.24 bits per heavy atom. The van der Waals surface area contributed by atoms with Gasteiger partial charge in [-0.1, -0.05) is 123 Å². The molecule has 3 atom stereocenters. The Labute approximate surface area is 301 Å². The van der Waals surface area contributed by atoms with Crippen LogP contribution in [-0.2, 0) is 5.41 Å². The van der Waals surface area contributed by atoms with E-state index in [0.717, 1.165) is 40.0 Å². The highest BCUT2D eigenvalue weighted by molar-refractivity contribution is 6.13. The van der Waals surface area contributed by atoms with E-state index in [1.807, 2.05) is 0 Å². The fourth-order valence-electron chi connectivity index (χ4n) is 10.4. The van der Waals surface area contributed by atoms with Crippen LogP contribution in [0.2, 0.25) is 0 Å². The van der Waals surface area contributed by atoms with Crippen molar-refractivity contribution in [3.63, 3.8) is 0 Å². The Kier molecular flexibility index (Phi) is 7.59. The number of hydrogen-bond donors (Lipinski definition) is 0. The van der Waals surface area contributed by atoms with Crippen molar-refractivity contribution in [1.82, 2.24) is 0 Å². The molecule has 1 heterocycles. The van der Waals surface area contributed by atoms with Gasteiger partial charge in [0.25, 0.3) is 0 Å². The Hall–Kier alpha value is -5.08. The van der Waals surface area contributed by atoms with Crippen LogP contribution >= 0.6 is 0 Å². The first-order valence-electron chi connectivity index (χ1n) is 19.3. The van der Waals surface area contributed by atoms with Gasteiger partial charge in [0.2, 0.25) is 0 Å². The zero-order valence-corrected chi connectivity index (χ0v) is 29.3. The second-order valence-electron chi connectivity index (χ2n) is 15.6. The van der Waals surface area contributed by atoms with E-state index in [9.17, 15) is 0 Å². The Balaban J connectivity index is 1.07. The second-order valence-corrected chi connectivity index (χ2v) is 15.6. The summed E-state index contributed by atoms with van der Waals surface area (Å²) in [5.74, 6) is 2.54. The molecule has 1 aromatic heterocycles. The molecule has 3 saturated carbocycles. The Morgan fingerprint density at radius 3 is 1.94 bits per heavy atom. The quantitative estimate of drug-likeness (QED) is 0.169. The van der Waals surface area contributed by atoms with Gasteiger partial charge in [0, 0.05) is 39.3 Å². The molecular weight excluding hydrogens is 619 g/mol. The van der Waals surface area contributed by atoms with Crippen LogP contribution in [0, 0.1) is 11.8 Å². The first-order chi connectivity index (χ1) is 25.2. The smallest absolute Gasteiger partial charge is 0.137 e. The Morgan fingerprint density at radius 1 is 0.549 bits per heavy atom. The van der Waals surface area contributed by atoms with Gasteiger partial charge in [-0.2, -0.15) is 0 Å². The highest BCUT2D eigenvalue weighted by Gasteiger charge is 2.40. The van der Waals surface area contributed by atoms with Gasteiger partial charge in [-0.3, -0.25) is 0 Å². The first kappa shape index (κ1) is 30.7. The normalized spacial score (nSPS) is 21.0. The zero-order valence-electron chi connectivity index (χ0n) is 29.3. The summed E-state index contributed by atoms with van der Waals surface area (Å²) in [4.78, 5) is 2.43. The average Bonchev–Trinajstić information content (AvgIpc) is 3.95. The van der Waals surface area contributed by atoms with Crippen LogP contribution in [0.4, 0.5) is 17.1 Å². The number of hydrogen-bond acceptors (Lipinski definition) is 2. The van der Waals surface area contributed by atoms with E-state index in [1.54, 1.807) is 0 Å². The lowest BCUT2D eigenvalue weighted by atomic mass is 9.65. The van der Waals surface area contributed by atoms with E-state index in [-0.39, 0.29) is 5.41 Å². The van der Waals surface area contributed by atoms with E-state index in [2.05, 4.69) is 150 Å². The van der Waals surface area contributed by atoms with Crippen molar-refractivity contribution in [3.05, 3.63) is 162 Å². The van der Waals surface area contributed by atoms with Gasteiger partial charge >= 0.3 is 0 Å². The third kappa shape index (κ3) is 5.30. The van der Waals surface area contributed by atoms with Crippen molar-refractivity contribution in [2.24, 2.45) is 11.8 Å². The number of anilines is 3. The molecule has 0 aliphatic heterocycles. The molecule has 3 unspecified atom stereocenters. The third-order valence-corrected chi connectivity index (χ3v) is 12.9. The van der Waals surface area contributed by atoms with Crippen molar-refractivity contribution in [3.8, 4) is 11.1 Å². The number of rotatable bonds is 7. The molecule has 2 bridgehead atoms. The first-order valence-corrected chi connectivity index (χ1v) is 19.3. The summed E-state index contributed by atoms with van der Waals surface area (Å²) in [6.07, 6.45) is 11.9. The molecule has 0 N–H and O–H groups in total. The molecule has 3 fully saturated rings. The lowest BCUT2D eigenvalue weighted by Crippen LogP contribution is -2.30. The van der Waals surface area contributed by atoms with E-state index < -0.39 is 0 Å². The van der Waals surface area contributed by atoms with Crippen molar-refractivity contribution in [1.29, 1.82) is 0 Å². The summed E-state index contributed by atoms with van der Waals surface area (Å²) in [5.41, 5.74) is 12.2. The Bertz CT molecular complexity index is 2300. The van der Waals surface area contributed by atoms with E-state index in [1.165, 1.54) is 102 Å². The number of benzene rings is 6. The topological polar surface area (TPSA) is 16.4 Å². The van der Waals surface area contributed by atoms with Gasteiger partial charge in [0.05, 0.1) is 0 Å². The van der Waals surface area contributed by atoms with Crippen LogP contribution in [-0.4, -0.2) is 0 Å². The molecule has 252 valence electrons. The average molecular weight is 664 g/mol. The molecule has 2 nitrogen and oxygen atoms in total. The fourth-order valence-corrected chi connectivity index (χ4v) is 10.4. The highest BCUT2D eigenvalue weighted by Crippen LogP contribution is 2.53. The number of furan rings is 1. The van der Waals surface area contributed by atoms with Gasteiger partial charge in [-0.25, -0.2) is 0 Å². The minimum atomic E-state index is 0.0782. The lowest BCUT2D eigenvalue weighted by molar-refractivity contribution is 0.346. The second kappa shape index (κ2) is 12.6. The third-order valence-electron chi connectivity index (χ3n) is 12.9. The molecule has 2 heteroatoms. The van der Waals surface area contributed by atoms with Crippen molar-refractivity contribution in [2.75, 3.05) is 4.90 Å². The van der Waals surface area contributed by atoms with Crippen LogP contribution in [0.5, 0.6) is 0 Å². The van der Waals surface area contributed by atoms with Gasteiger partial charge in [-0.15, -0.1) is 0 Å². The molecule has 0 radical (unpaired) electrons. The predicted molar refractivity (Wildman–Crippen MR) is 212 cm³/mol. The maximum absolute atomic E-state index is 6.63. The summed E-state index contributed by atoms with van der Waals surface area (Å²) >= 11 is 0. The summed E-state index contributed by atoms with van der Waals surface area (Å²) < 4.78 is 6.63. The molecular formula is C49H45NO. The molecule has 3 aliphatic rings. The van der Waals surface area contributed by atoms with Crippen molar-refractivity contribution < 1.29 is 4.42 Å². The summed E-state index contributed by atoms with van der Waals surface area (Å²) in [5, 5.41) is 2.33. The van der Waals surface area contributed by atoms with Gasteiger partial charge in [0.1, 0.15) is 11.2 Å². The van der Waals surface area contributed by atoms with Crippen LogP contribution in [0.25, 0.3) is 33.1 Å². The van der Waals surface area contributed by atoms with E-state index in [4.69, 9.17) is 4.42 Å². The molecule has 0 amide bonds. The van der Waals surface area contributed by atoms with Crippen molar-refractivity contribution >= 4 is 39.0 Å². The predicted octanol–water partition coefficient (Wildman–Crippen LogP) is 13.9. The molecule has 3 aliphatic carbocycles. The van der Waals surface area contributed by atoms with Crippen molar-refractivity contribution in [2.45, 2.75) is 69.1 Å². The lowest BCUT2D eigenvalue weighted by Gasteiger charge is -2.39. The number of nitrogens with zero attached hydrogens (tertiary/aromatic N) is 1. The van der Waals surface area contributed by atoms with Gasteiger partial charge in [0.15, 0.2) is 0 Å². The molecule has 6 aromatic carbocycles. The molecule has 51 heavy (non-hydrogen) atoms. The van der Waals surface area contributed by atoms with E-state index >= 15 is 0 Å². The van der Waals surface area contributed by atoms with Crippen LogP contribution in [0.1, 0.15) is 80.4 Å². The SMILES string of the molecule is c1ccc(-c2cccc3oc4cc(N(c5ccc(C6CC7CCC6C7)cc5)c5ccc(C6(c7ccccc7)CCCCC6)cc5)ccc4c23)cc1. The monoisotopic (exact) mass is 663 g/mol. The fraction of sp³-hybridized carbons (Fsp3) is 0.265. The van der Waals surface area contributed by atoms with E-state index in [0.29, 0.717) is 0 Å². The maximum atomic E-state index is 6.63. The highest BCUT2D eigenvalue weighted by atomic mass is 16.3. The molecule has 0 saturated heterocycles. The largest absolute Gasteiger partial charge is 0.456 e. The standard InChI is InChI=1S/C49H45NO/c1-4-11-35(12-5-1)43-15-10-16-46-48(43)44-28-27-42(33-47(44)51-46)50(40-23-19-36(20-24-40)45-32-34-17-18-37(45)31-34)41-25-21-39(22-26-41)49(29-8-3-9-30-49)38-13-6-2-7-14-38/h1-2,4-7,10-16,19-28,33-34,37,45H,3,8-9,17-18,29-32H2. The van der Waals surface area contributed by atoms with Gasteiger partial charge < -0.3 is 9.32 Å². The summed E-state index contributed by atoms with van der Waals surface area (Å²) in [7, 11) is 0. The van der Waals surface area contributed by atoms with Gasteiger partial charge in [-0.05, 0) is 120 Å². The molecule has 10 rings (SSSR count). The molecule has 0 spiro atoms.